The Morgan fingerprint density at radius 2 is 2.00 bits per heavy atom. The van der Waals surface area contributed by atoms with E-state index in [1.165, 1.54) is 0 Å². The molecule has 6 nitrogen and oxygen atoms in total. The van der Waals surface area contributed by atoms with Crippen molar-refractivity contribution in [3.63, 3.8) is 0 Å². The van der Waals surface area contributed by atoms with Gasteiger partial charge in [-0.3, -0.25) is 4.99 Å². The fourth-order valence-electron chi connectivity index (χ4n) is 2.16. The Kier molecular flexibility index (Phi) is 6.87. The normalized spacial score (nSPS) is 11.2. The van der Waals surface area contributed by atoms with Gasteiger partial charge in [-0.15, -0.1) is 11.3 Å². The van der Waals surface area contributed by atoms with Crippen molar-refractivity contribution >= 4 is 17.3 Å². The number of hydrogen-bond acceptors (Lipinski definition) is 5. The van der Waals surface area contributed by atoms with Gasteiger partial charge in [0.2, 0.25) is 0 Å². The molecule has 0 atom stereocenters. The van der Waals surface area contributed by atoms with Gasteiger partial charge in [-0.1, -0.05) is 6.92 Å². The Morgan fingerprint density at radius 1 is 1.21 bits per heavy atom. The topological polar surface area (TPSA) is 67.8 Å². The van der Waals surface area contributed by atoms with Crippen molar-refractivity contribution in [3.05, 3.63) is 39.8 Å². The molecule has 0 unspecified atom stereocenters. The largest absolute Gasteiger partial charge is 0.497 e. The van der Waals surface area contributed by atoms with Crippen LogP contribution in [0.15, 0.2) is 28.6 Å². The Balaban J connectivity index is 1.91. The number of methoxy groups -OCH3 is 2. The van der Waals surface area contributed by atoms with E-state index in [1.54, 1.807) is 32.6 Å². The highest BCUT2D eigenvalue weighted by Gasteiger charge is 2.07. The number of ether oxygens (including phenoxy) is 2. The summed E-state index contributed by atoms with van der Waals surface area (Å²) in [6, 6.07) is 5.76. The van der Waals surface area contributed by atoms with Crippen LogP contribution in [0.1, 0.15) is 23.2 Å². The quantitative estimate of drug-likeness (QED) is 0.595. The van der Waals surface area contributed by atoms with Gasteiger partial charge in [0.15, 0.2) is 5.96 Å². The zero-order valence-corrected chi connectivity index (χ0v) is 15.4. The number of benzene rings is 1. The number of nitrogens with one attached hydrogen (secondary N) is 2. The van der Waals surface area contributed by atoms with E-state index in [0.29, 0.717) is 13.1 Å². The summed E-state index contributed by atoms with van der Waals surface area (Å²) in [5, 5.41) is 9.78. The molecule has 7 heteroatoms. The van der Waals surface area contributed by atoms with Crippen LogP contribution >= 0.6 is 11.3 Å². The first kappa shape index (κ1) is 18.1. The molecule has 0 spiro atoms. The lowest BCUT2D eigenvalue weighted by atomic mass is 10.2. The van der Waals surface area contributed by atoms with Crippen molar-refractivity contribution in [2.45, 2.75) is 26.4 Å². The molecule has 24 heavy (non-hydrogen) atoms. The van der Waals surface area contributed by atoms with E-state index in [1.807, 2.05) is 18.2 Å². The molecule has 0 aliphatic carbocycles. The maximum atomic E-state index is 5.41. The van der Waals surface area contributed by atoms with Gasteiger partial charge in [0, 0.05) is 30.6 Å². The van der Waals surface area contributed by atoms with Crippen molar-refractivity contribution in [1.29, 1.82) is 0 Å². The fraction of sp³-hybridized carbons (Fsp3) is 0.412. The molecule has 0 aliphatic rings. The first-order valence-corrected chi connectivity index (χ1v) is 8.66. The summed E-state index contributed by atoms with van der Waals surface area (Å²) < 4.78 is 10.6. The number of nitrogens with zero attached hydrogens (tertiary/aromatic N) is 2. The summed E-state index contributed by atoms with van der Waals surface area (Å²) in [4.78, 5) is 8.78. The van der Waals surface area contributed by atoms with Gasteiger partial charge in [0.05, 0.1) is 31.5 Å². The van der Waals surface area contributed by atoms with Crippen molar-refractivity contribution in [1.82, 2.24) is 15.6 Å². The van der Waals surface area contributed by atoms with Crippen molar-refractivity contribution in [2.75, 3.05) is 21.3 Å². The number of thiazole rings is 1. The van der Waals surface area contributed by atoms with Crippen molar-refractivity contribution < 1.29 is 9.47 Å². The number of hydrogen-bond donors (Lipinski definition) is 2. The van der Waals surface area contributed by atoms with E-state index in [9.17, 15) is 0 Å². The number of aliphatic imine (C=N–C) groups is 1. The smallest absolute Gasteiger partial charge is 0.191 e. The van der Waals surface area contributed by atoms with Gasteiger partial charge in [-0.25, -0.2) is 4.98 Å². The van der Waals surface area contributed by atoms with Crippen LogP contribution < -0.4 is 20.1 Å². The van der Waals surface area contributed by atoms with Crippen molar-refractivity contribution in [3.8, 4) is 11.5 Å². The van der Waals surface area contributed by atoms with E-state index in [-0.39, 0.29) is 0 Å². The van der Waals surface area contributed by atoms with Gasteiger partial charge >= 0.3 is 0 Å². The second kappa shape index (κ2) is 9.12. The first-order chi connectivity index (χ1) is 11.7. The van der Waals surface area contributed by atoms with E-state index in [4.69, 9.17) is 9.47 Å². The highest BCUT2D eigenvalue weighted by Crippen LogP contribution is 2.24. The average molecular weight is 348 g/mol. The van der Waals surface area contributed by atoms with Crippen LogP contribution in [0.25, 0.3) is 0 Å². The SMILES string of the molecule is CCc1nc(CNC(=NC)NCc2ccc(OC)cc2OC)cs1. The highest BCUT2D eigenvalue weighted by molar-refractivity contribution is 7.09. The lowest BCUT2D eigenvalue weighted by Gasteiger charge is -2.14. The first-order valence-electron chi connectivity index (χ1n) is 7.78. The van der Waals surface area contributed by atoms with E-state index in [0.717, 1.165) is 40.1 Å². The molecule has 1 heterocycles. The number of aromatic nitrogens is 1. The van der Waals surface area contributed by atoms with Crippen LogP contribution in [0, 0.1) is 0 Å². The predicted molar refractivity (Wildman–Crippen MR) is 98.1 cm³/mol. The molecule has 0 saturated carbocycles. The molecule has 2 rings (SSSR count). The van der Waals surface area contributed by atoms with E-state index in [2.05, 4.69) is 32.9 Å². The summed E-state index contributed by atoms with van der Waals surface area (Å²) in [7, 11) is 5.04. The second-order valence-electron chi connectivity index (χ2n) is 5.04. The predicted octanol–water partition coefficient (Wildman–Crippen LogP) is 2.59. The molecule has 0 amide bonds. The molecule has 0 aliphatic heterocycles. The molecule has 0 radical (unpaired) electrons. The van der Waals surface area contributed by atoms with Crippen LogP contribution in [0.4, 0.5) is 0 Å². The molecule has 0 fully saturated rings. The van der Waals surface area contributed by atoms with E-state index < -0.39 is 0 Å². The zero-order chi connectivity index (χ0) is 17.4. The van der Waals surface area contributed by atoms with Crippen LogP contribution in [0.2, 0.25) is 0 Å². The minimum absolute atomic E-state index is 0.601. The monoisotopic (exact) mass is 348 g/mol. The summed E-state index contributed by atoms with van der Waals surface area (Å²) in [6.07, 6.45) is 0.967. The minimum atomic E-state index is 0.601. The molecular weight excluding hydrogens is 324 g/mol. The molecule has 2 aromatic rings. The molecule has 2 N–H and O–H groups in total. The Labute approximate surface area is 146 Å². The Morgan fingerprint density at radius 3 is 2.62 bits per heavy atom. The summed E-state index contributed by atoms with van der Waals surface area (Å²) in [6.45, 7) is 3.36. The average Bonchev–Trinajstić information content (AvgIpc) is 3.09. The van der Waals surface area contributed by atoms with Gasteiger partial charge in [-0.2, -0.15) is 0 Å². The van der Waals surface area contributed by atoms with Gasteiger partial charge in [-0.05, 0) is 18.6 Å². The summed E-state index contributed by atoms with van der Waals surface area (Å²) in [5.41, 5.74) is 2.06. The minimum Gasteiger partial charge on any atom is -0.497 e. The zero-order valence-electron chi connectivity index (χ0n) is 14.5. The van der Waals surface area contributed by atoms with E-state index >= 15 is 0 Å². The van der Waals surface area contributed by atoms with Gasteiger partial charge in [0.1, 0.15) is 11.5 Å². The van der Waals surface area contributed by atoms with Gasteiger partial charge < -0.3 is 20.1 Å². The maximum absolute atomic E-state index is 5.41. The van der Waals surface area contributed by atoms with Gasteiger partial charge in [0.25, 0.3) is 0 Å². The molecule has 1 aromatic heterocycles. The third-order valence-electron chi connectivity index (χ3n) is 3.50. The lowest BCUT2D eigenvalue weighted by molar-refractivity contribution is 0.390. The molecule has 1 aromatic carbocycles. The molecular formula is C17H24N4O2S. The summed E-state index contributed by atoms with van der Waals surface area (Å²) in [5.74, 6) is 2.27. The highest BCUT2D eigenvalue weighted by atomic mass is 32.1. The second-order valence-corrected chi connectivity index (χ2v) is 5.99. The molecule has 0 saturated heterocycles. The Hall–Kier alpha value is -2.28. The maximum Gasteiger partial charge on any atom is 0.191 e. The lowest BCUT2D eigenvalue weighted by Crippen LogP contribution is -2.36. The number of aryl methyl sites for hydroxylation is 1. The third-order valence-corrected chi connectivity index (χ3v) is 4.54. The summed E-state index contributed by atoms with van der Waals surface area (Å²) >= 11 is 1.69. The third kappa shape index (κ3) is 4.86. The van der Waals surface area contributed by atoms with Crippen LogP contribution in [0.5, 0.6) is 11.5 Å². The van der Waals surface area contributed by atoms with Crippen LogP contribution in [-0.4, -0.2) is 32.2 Å². The standard InChI is InChI=1S/C17H24N4O2S/c1-5-16-21-13(11-24-16)10-20-17(18-2)19-9-12-6-7-14(22-3)8-15(12)23-4/h6-8,11H,5,9-10H2,1-4H3,(H2,18,19,20). The Bertz CT molecular complexity index is 685. The fourth-order valence-corrected chi connectivity index (χ4v) is 2.91. The number of rotatable bonds is 7. The van der Waals surface area contributed by atoms with Crippen LogP contribution in [-0.2, 0) is 19.5 Å². The molecule has 130 valence electrons. The van der Waals surface area contributed by atoms with Crippen LogP contribution in [0.3, 0.4) is 0 Å². The number of guanidine groups is 1. The van der Waals surface area contributed by atoms with Crippen molar-refractivity contribution in [2.24, 2.45) is 4.99 Å². The molecule has 0 bridgehead atoms.